The molecule has 176 valence electrons. The van der Waals surface area contributed by atoms with Gasteiger partial charge in [0, 0.05) is 11.9 Å². The molecule has 4 rings (SSSR count). The molecular formula is C25H26N4O4S. The summed E-state index contributed by atoms with van der Waals surface area (Å²) in [6.45, 7) is 2.30. The summed E-state index contributed by atoms with van der Waals surface area (Å²) in [6, 6.07) is 12.7. The van der Waals surface area contributed by atoms with Gasteiger partial charge in [-0.3, -0.25) is 9.78 Å². The van der Waals surface area contributed by atoms with Crippen LogP contribution in [0, 0.1) is 0 Å². The van der Waals surface area contributed by atoms with E-state index >= 15 is 0 Å². The fourth-order valence-corrected chi connectivity index (χ4v) is 4.87. The Morgan fingerprint density at radius 2 is 1.94 bits per heavy atom. The maximum atomic E-state index is 12.9. The fourth-order valence-electron chi connectivity index (χ4n) is 3.93. The number of thioether (sulfide) groups is 1. The van der Waals surface area contributed by atoms with Gasteiger partial charge in [-0.1, -0.05) is 36.9 Å². The first-order valence-electron chi connectivity index (χ1n) is 10.9. The molecule has 0 fully saturated rings. The van der Waals surface area contributed by atoms with Crippen molar-refractivity contribution in [3.05, 3.63) is 82.3 Å². The molecule has 9 heteroatoms. The monoisotopic (exact) mass is 478 g/mol. The Balaban J connectivity index is 1.63. The number of aromatic nitrogens is 1. The first-order valence-corrected chi connectivity index (χ1v) is 11.8. The molecule has 2 aliphatic rings. The summed E-state index contributed by atoms with van der Waals surface area (Å²) in [4.78, 5) is 36.6. The van der Waals surface area contributed by atoms with E-state index in [9.17, 15) is 9.59 Å². The lowest BCUT2D eigenvalue weighted by molar-refractivity contribution is -0.136. The number of hydrogen-bond acceptors (Lipinski definition) is 8. The minimum atomic E-state index is -0.467. The highest BCUT2D eigenvalue weighted by molar-refractivity contribution is 8.16. The van der Waals surface area contributed by atoms with Crippen LogP contribution in [0.15, 0.2) is 76.0 Å². The van der Waals surface area contributed by atoms with Crippen molar-refractivity contribution in [1.82, 2.24) is 15.2 Å². The van der Waals surface area contributed by atoms with E-state index in [2.05, 4.69) is 10.3 Å². The van der Waals surface area contributed by atoms with Crippen molar-refractivity contribution in [2.24, 2.45) is 4.99 Å². The van der Waals surface area contributed by atoms with Crippen LogP contribution in [0.25, 0.3) is 0 Å². The van der Waals surface area contributed by atoms with Gasteiger partial charge in [0.25, 0.3) is 0 Å². The lowest BCUT2D eigenvalue weighted by Crippen LogP contribution is -2.38. The number of fused-ring (bicyclic) bond motifs is 1. The number of methoxy groups -OCH3 is 2. The molecule has 0 saturated carbocycles. The van der Waals surface area contributed by atoms with E-state index in [1.807, 2.05) is 59.7 Å². The molecule has 0 spiro atoms. The number of pyridine rings is 1. The smallest absolute Gasteiger partial charge is 0.338 e. The van der Waals surface area contributed by atoms with Crippen LogP contribution >= 0.6 is 11.8 Å². The number of carbonyl (C=O) groups excluding carboxylic acids is 2. The number of benzene rings is 1. The fraction of sp³-hybridized carbons (Fsp3) is 0.280. The van der Waals surface area contributed by atoms with Crippen molar-refractivity contribution >= 4 is 28.8 Å². The molecule has 1 atom stereocenters. The summed E-state index contributed by atoms with van der Waals surface area (Å²) >= 11 is 1.45. The van der Waals surface area contributed by atoms with Gasteiger partial charge in [0.2, 0.25) is 5.91 Å². The number of aliphatic imine (C=N–C) groups is 1. The number of carbonyl (C=O) groups is 2. The lowest BCUT2D eigenvalue weighted by Gasteiger charge is -2.36. The molecule has 0 bridgehead atoms. The van der Waals surface area contributed by atoms with Gasteiger partial charge in [0.1, 0.15) is 5.75 Å². The van der Waals surface area contributed by atoms with Gasteiger partial charge in [-0.2, -0.15) is 0 Å². The van der Waals surface area contributed by atoms with E-state index < -0.39 is 12.0 Å². The molecule has 0 saturated heterocycles. The molecule has 0 aliphatic carbocycles. The van der Waals surface area contributed by atoms with E-state index in [4.69, 9.17) is 14.5 Å². The van der Waals surface area contributed by atoms with Crippen LogP contribution in [0.3, 0.4) is 0 Å². The Bertz CT molecular complexity index is 1160. The maximum absolute atomic E-state index is 12.9. The number of esters is 1. The Kier molecular flexibility index (Phi) is 7.32. The van der Waals surface area contributed by atoms with Gasteiger partial charge in [-0.05, 0) is 41.7 Å². The van der Waals surface area contributed by atoms with Gasteiger partial charge in [0.15, 0.2) is 5.17 Å². The van der Waals surface area contributed by atoms with E-state index in [0.29, 0.717) is 30.0 Å². The number of amidine groups is 1. The summed E-state index contributed by atoms with van der Waals surface area (Å²) in [5.74, 6) is 0.140. The second-order valence-corrected chi connectivity index (χ2v) is 8.48. The van der Waals surface area contributed by atoms with Crippen molar-refractivity contribution in [3.8, 4) is 5.75 Å². The molecule has 1 aromatic carbocycles. The van der Waals surface area contributed by atoms with Gasteiger partial charge in [-0.15, -0.1) is 0 Å². The van der Waals surface area contributed by atoms with Crippen LogP contribution in [0.1, 0.15) is 37.1 Å². The van der Waals surface area contributed by atoms with Crippen molar-refractivity contribution in [3.63, 3.8) is 0 Å². The Morgan fingerprint density at radius 3 is 2.59 bits per heavy atom. The Hall–Kier alpha value is -3.59. The molecule has 3 heterocycles. The number of rotatable bonds is 8. The minimum absolute atomic E-state index is 0.140. The van der Waals surface area contributed by atoms with Crippen LogP contribution in [0.2, 0.25) is 0 Å². The van der Waals surface area contributed by atoms with Gasteiger partial charge in [0.05, 0.1) is 50.2 Å². The molecular weight excluding hydrogens is 452 g/mol. The highest BCUT2D eigenvalue weighted by Gasteiger charge is 2.41. The number of ether oxygens (including phenoxy) is 2. The first-order chi connectivity index (χ1) is 16.5. The average Bonchev–Trinajstić information content (AvgIpc) is 3.28. The van der Waals surface area contributed by atoms with Gasteiger partial charge < -0.3 is 19.7 Å². The number of nitrogens with zero attached hydrogens (tertiary/aromatic N) is 3. The van der Waals surface area contributed by atoms with Crippen LogP contribution in [-0.2, 0) is 20.9 Å². The lowest BCUT2D eigenvalue weighted by atomic mass is 9.93. The second kappa shape index (κ2) is 10.6. The molecule has 0 radical (unpaired) electrons. The van der Waals surface area contributed by atoms with E-state index in [1.165, 1.54) is 18.9 Å². The maximum Gasteiger partial charge on any atom is 0.338 e. The molecule has 8 nitrogen and oxygen atoms in total. The first kappa shape index (κ1) is 23.6. The number of nitrogens with one attached hydrogen (secondary N) is 1. The van der Waals surface area contributed by atoms with Crippen LogP contribution in [0.4, 0.5) is 0 Å². The summed E-state index contributed by atoms with van der Waals surface area (Å²) in [5.41, 5.74) is 3.58. The van der Waals surface area contributed by atoms with Crippen molar-refractivity contribution < 1.29 is 19.1 Å². The van der Waals surface area contributed by atoms with Crippen LogP contribution < -0.4 is 10.1 Å². The zero-order valence-corrected chi connectivity index (χ0v) is 20.1. The summed E-state index contributed by atoms with van der Waals surface area (Å²) in [5, 5.41) is 5.57. The summed E-state index contributed by atoms with van der Waals surface area (Å²) in [6.07, 6.45) is 2.41. The predicted molar refractivity (Wildman–Crippen MR) is 131 cm³/mol. The summed E-state index contributed by atoms with van der Waals surface area (Å²) < 4.78 is 10.4. The highest BCUT2D eigenvalue weighted by Crippen LogP contribution is 2.45. The van der Waals surface area contributed by atoms with E-state index in [-0.39, 0.29) is 12.3 Å². The number of hydrogen-bond donors (Lipinski definition) is 1. The van der Waals surface area contributed by atoms with Crippen LogP contribution in [-0.4, -0.2) is 41.1 Å². The minimum Gasteiger partial charge on any atom is -0.497 e. The average molecular weight is 479 g/mol. The Morgan fingerprint density at radius 1 is 1.15 bits per heavy atom. The van der Waals surface area contributed by atoms with Crippen molar-refractivity contribution in [2.45, 2.75) is 32.4 Å². The topological polar surface area (TPSA) is 93.1 Å². The zero-order chi connectivity index (χ0) is 24.1. The zero-order valence-electron chi connectivity index (χ0n) is 19.3. The SMILES string of the molecule is CCC1=C(C(=O)OC)[C@H](c2ccc(OC)cc2)N2C(CC(=O)NCc3ccccn3)=CSC2=N1. The third-order valence-electron chi connectivity index (χ3n) is 5.60. The second-order valence-electron chi connectivity index (χ2n) is 7.65. The molecule has 1 amide bonds. The van der Waals surface area contributed by atoms with Gasteiger partial charge >= 0.3 is 5.97 Å². The standard InChI is InChI=1S/C25H26N4O4S/c1-4-20-22(24(31)33-3)23(16-8-10-19(32-2)11-9-16)29-18(15-34-25(29)28-20)13-21(30)27-14-17-7-5-6-12-26-17/h5-12,15,23H,4,13-14H2,1-3H3,(H,27,30)/t23-/m0/s1. The predicted octanol–water partition coefficient (Wildman–Crippen LogP) is 3.93. The highest BCUT2D eigenvalue weighted by atomic mass is 32.2. The quantitative estimate of drug-likeness (QED) is 0.575. The van der Waals surface area contributed by atoms with Crippen molar-refractivity contribution in [1.29, 1.82) is 0 Å². The molecule has 1 N–H and O–H groups in total. The Labute approximate surface area is 202 Å². The van der Waals surface area contributed by atoms with E-state index in [1.54, 1.807) is 13.3 Å². The third-order valence-corrected chi connectivity index (χ3v) is 6.48. The molecule has 0 unspecified atom stereocenters. The van der Waals surface area contributed by atoms with Crippen LogP contribution in [0.5, 0.6) is 5.75 Å². The number of amides is 1. The van der Waals surface area contributed by atoms with Crippen molar-refractivity contribution in [2.75, 3.05) is 14.2 Å². The summed E-state index contributed by atoms with van der Waals surface area (Å²) in [7, 11) is 2.98. The normalized spacial score (nSPS) is 17.0. The molecule has 34 heavy (non-hydrogen) atoms. The molecule has 2 aromatic rings. The number of allylic oxidation sites excluding steroid dienone is 1. The van der Waals surface area contributed by atoms with E-state index in [0.717, 1.165) is 22.1 Å². The van der Waals surface area contributed by atoms with Gasteiger partial charge in [-0.25, -0.2) is 9.79 Å². The molecule has 2 aliphatic heterocycles. The largest absolute Gasteiger partial charge is 0.497 e. The third kappa shape index (κ3) is 4.84. The molecule has 1 aromatic heterocycles.